The molecule has 372 valence electrons. The topological polar surface area (TPSA) is 178 Å². The van der Waals surface area contributed by atoms with Crippen molar-refractivity contribution in [2.24, 2.45) is 0 Å². The van der Waals surface area contributed by atoms with E-state index >= 15 is 0 Å². The summed E-state index contributed by atoms with van der Waals surface area (Å²) in [4.78, 5) is 12.9. The zero-order valence-corrected chi connectivity index (χ0v) is 40.6. The Morgan fingerprint density at radius 3 is 1.55 bits per heavy atom. The van der Waals surface area contributed by atoms with Crippen molar-refractivity contribution in [1.82, 2.24) is 0 Å². The molecule has 0 radical (unpaired) electrons. The van der Waals surface area contributed by atoms with Gasteiger partial charge in [-0.2, -0.15) is 8.42 Å². The normalized spacial score (nSPS) is 20.5. The molecule has 1 aliphatic rings. The monoisotopic (exact) mass is 935 g/mol. The summed E-state index contributed by atoms with van der Waals surface area (Å²) in [6.07, 6.45) is 48.7. The first-order valence-electron chi connectivity index (χ1n) is 24.5. The Hall–Kier alpha value is -2.98. The van der Waals surface area contributed by atoms with Crippen LogP contribution in [0.1, 0.15) is 162 Å². The van der Waals surface area contributed by atoms with E-state index in [-0.39, 0.29) is 19.6 Å². The quantitative estimate of drug-likeness (QED) is 0.0198. The summed E-state index contributed by atoms with van der Waals surface area (Å²) in [6.45, 7) is 3.68. The van der Waals surface area contributed by atoms with Crippen LogP contribution in [0.15, 0.2) is 97.2 Å². The highest BCUT2D eigenvalue weighted by molar-refractivity contribution is 7.80. The van der Waals surface area contributed by atoms with Crippen molar-refractivity contribution >= 4 is 16.4 Å². The molecule has 1 heterocycles. The smallest absolute Gasteiger partial charge is 0.397 e. The number of ether oxygens (including phenoxy) is 4. The fraction of sp³-hybridized carbons (Fsp3) is 0.673. The summed E-state index contributed by atoms with van der Waals surface area (Å²) in [5.41, 5.74) is 0. The molecule has 6 unspecified atom stereocenters. The number of hydrogen-bond acceptors (Lipinski definition) is 11. The minimum Gasteiger partial charge on any atom is -0.457 e. The fourth-order valence-electron chi connectivity index (χ4n) is 6.78. The number of allylic oxidation sites excluding steroid dienone is 16. The van der Waals surface area contributed by atoms with Crippen molar-refractivity contribution in [2.75, 3.05) is 26.4 Å². The second kappa shape index (κ2) is 42.4. The second-order valence-corrected chi connectivity index (χ2v) is 17.4. The van der Waals surface area contributed by atoms with Crippen LogP contribution < -0.4 is 0 Å². The van der Waals surface area contributed by atoms with Gasteiger partial charge in [-0.25, -0.2) is 4.18 Å². The van der Waals surface area contributed by atoms with Gasteiger partial charge in [-0.1, -0.05) is 162 Å². The van der Waals surface area contributed by atoms with Gasteiger partial charge in [0.05, 0.1) is 19.8 Å². The van der Waals surface area contributed by atoms with Crippen LogP contribution in [0.3, 0.4) is 0 Å². The molecular weight excluding hydrogens is 849 g/mol. The van der Waals surface area contributed by atoms with E-state index in [9.17, 15) is 33.1 Å². The number of carbonyl (C=O) groups excluding carboxylic acids is 1. The van der Waals surface area contributed by atoms with E-state index < -0.39 is 59.8 Å². The Kier molecular flexibility index (Phi) is 39.1. The predicted molar refractivity (Wildman–Crippen MR) is 261 cm³/mol. The van der Waals surface area contributed by atoms with Gasteiger partial charge in [-0.3, -0.25) is 9.35 Å². The Morgan fingerprint density at radius 1 is 0.600 bits per heavy atom. The van der Waals surface area contributed by atoms with Crippen LogP contribution in [0, 0.1) is 0 Å². The molecule has 13 heteroatoms. The third-order valence-electron chi connectivity index (χ3n) is 10.4. The Morgan fingerprint density at radius 2 is 1.06 bits per heavy atom. The molecule has 0 saturated carbocycles. The average Bonchev–Trinajstić information content (AvgIpc) is 3.28. The Balaban J connectivity index is 2.46. The minimum atomic E-state index is -5.08. The van der Waals surface area contributed by atoms with Crippen molar-refractivity contribution in [2.45, 2.75) is 198 Å². The molecule has 0 aromatic carbocycles. The van der Waals surface area contributed by atoms with Gasteiger partial charge in [0.15, 0.2) is 6.29 Å². The molecule has 4 N–H and O–H groups in total. The molecule has 1 saturated heterocycles. The molecule has 65 heavy (non-hydrogen) atoms. The van der Waals surface area contributed by atoms with Crippen molar-refractivity contribution in [3.63, 3.8) is 0 Å². The first-order chi connectivity index (χ1) is 31.6. The average molecular weight is 935 g/mol. The summed E-state index contributed by atoms with van der Waals surface area (Å²) < 4.78 is 59.1. The Bertz CT molecular complexity index is 1500. The first kappa shape index (κ1) is 60.0. The van der Waals surface area contributed by atoms with Crippen molar-refractivity contribution < 1.29 is 56.2 Å². The summed E-state index contributed by atoms with van der Waals surface area (Å²) in [5, 5.41) is 30.7. The SMILES string of the molecule is CC/C=C\C/C=C\C/C=C\C/C=C\C/C=C\C/C=C\CCCOCC(COC1OC(CO)C(O)C(OS(=O)(=O)O)C1O)OC(=O)CCCCCCCCC/C=C\C/C=C\CCCCCC. The molecule has 0 aromatic rings. The number of unbranched alkanes of at least 4 members (excludes halogenated alkanes) is 12. The molecule has 1 fully saturated rings. The van der Waals surface area contributed by atoms with Gasteiger partial charge in [-0.05, 0) is 89.9 Å². The van der Waals surface area contributed by atoms with E-state index in [1.165, 1.54) is 44.9 Å². The molecule has 0 aliphatic carbocycles. The van der Waals surface area contributed by atoms with Crippen molar-refractivity contribution in [3.05, 3.63) is 97.2 Å². The zero-order valence-electron chi connectivity index (χ0n) is 39.8. The lowest BCUT2D eigenvalue weighted by atomic mass is 9.99. The van der Waals surface area contributed by atoms with Crippen molar-refractivity contribution in [3.8, 4) is 0 Å². The molecule has 0 aromatic heterocycles. The van der Waals surface area contributed by atoms with Crippen LogP contribution >= 0.6 is 0 Å². The molecule has 12 nitrogen and oxygen atoms in total. The van der Waals surface area contributed by atoms with Crippen LogP contribution in [-0.4, -0.2) is 97.5 Å². The van der Waals surface area contributed by atoms with Crippen LogP contribution in [0.4, 0.5) is 0 Å². The van der Waals surface area contributed by atoms with Crippen LogP contribution in [0.2, 0.25) is 0 Å². The summed E-state index contributed by atoms with van der Waals surface area (Å²) >= 11 is 0. The number of aliphatic hydroxyl groups excluding tert-OH is 3. The maximum absolute atomic E-state index is 12.9. The summed E-state index contributed by atoms with van der Waals surface area (Å²) in [5.74, 6) is -0.431. The largest absolute Gasteiger partial charge is 0.457 e. The molecule has 0 spiro atoms. The maximum Gasteiger partial charge on any atom is 0.397 e. The van der Waals surface area contributed by atoms with E-state index in [0.717, 1.165) is 89.9 Å². The molecule has 1 rings (SSSR count). The number of rotatable bonds is 41. The van der Waals surface area contributed by atoms with Gasteiger partial charge in [-0.15, -0.1) is 0 Å². The molecule has 1 aliphatic heterocycles. The number of carbonyl (C=O) groups is 1. The standard InChI is InChI=1S/C52H86O12S/c1-3-5-7-9-11-13-15-17-19-21-23-24-26-28-30-32-34-36-38-40-42-60-44-46(45-61-52-50(56)51(64-65(57,58)59)49(55)47(43-53)63-52)62-48(54)41-39-37-35-33-31-29-27-25-22-20-18-16-14-12-10-8-6-4-2/h5,7,11,13-14,16-17,19-20,22-24,28,30,34,36,46-47,49-53,55-56H,3-4,6,8-10,12,15,18,21,25-27,29,31-33,35,37-45H2,1-2H3,(H,57,58,59)/b7-5-,13-11-,16-14-,19-17-,22-20-,24-23-,30-28-,36-34-. The fourth-order valence-corrected chi connectivity index (χ4v) is 7.29. The number of aliphatic hydroxyl groups is 3. The number of esters is 1. The lowest BCUT2D eigenvalue weighted by molar-refractivity contribution is -0.301. The van der Waals surface area contributed by atoms with Gasteiger partial charge < -0.3 is 34.3 Å². The van der Waals surface area contributed by atoms with Crippen LogP contribution in [0.5, 0.6) is 0 Å². The van der Waals surface area contributed by atoms with Gasteiger partial charge in [0, 0.05) is 13.0 Å². The summed E-state index contributed by atoms with van der Waals surface area (Å²) in [7, 11) is -5.08. The van der Waals surface area contributed by atoms with Gasteiger partial charge in [0.25, 0.3) is 0 Å². The summed E-state index contributed by atoms with van der Waals surface area (Å²) in [6, 6.07) is 0. The van der Waals surface area contributed by atoms with Crippen molar-refractivity contribution in [1.29, 1.82) is 0 Å². The third kappa shape index (κ3) is 35.8. The van der Waals surface area contributed by atoms with E-state index in [0.29, 0.717) is 13.0 Å². The van der Waals surface area contributed by atoms with Gasteiger partial charge in [0.2, 0.25) is 0 Å². The minimum absolute atomic E-state index is 0.0136. The van der Waals surface area contributed by atoms with Crippen LogP contribution in [-0.2, 0) is 38.3 Å². The molecule has 6 atom stereocenters. The predicted octanol–water partition coefficient (Wildman–Crippen LogP) is 11.0. The van der Waals surface area contributed by atoms with E-state index in [1.807, 2.05) is 0 Å². The zero-order chi connectivity index (χ0) is 47.5. The first-order valence-corrected chi connectivity index (χ1v) is 25.9. The highest BCUT2D eigenvalue weighted by Gasteiger charge is 2.48. The lowest BCUT2D eigenvalue weighted by Crippen LogP contribution is -2.60. The van der Waals surface area contributed by atoms with E-state index in [1.54, 1.807) is 0 Å². The number of hydrogen-bond donors (Lipinski definition) is 4. The van der Waals surface area contributed by atoms with Gasteiger partial charge >= 0.3 is 16.4 Å². The highest BCUT2D eigenvalue weighted by Crippen LogP contribution is 2.26. The maximum atomic E-state index is 12.9. The van der Waals surface area contributed by atoms with Crippen LogP contribution in [0.25, 0.3) is 0 Å². The van der Waals surface area contributed by atoms with E-state index in [4.69, 9.17) is 18.9 Å². The highest BCUT2D eigenvalue weighted by atomic mass is 32.3. The third-order valence-corrected chi connectivity index (χ3v) is 10.9. The van der Waals surface area contributed by atoms with Gasteiger partial charge in [0.1, 0.15) is 30.5 Å². The molecule has 0 bridgehead atoms. The Labute approximate surface area is 393 Å². The molecular formula is C52H86O12S. The molecule has 0 amide bonds. The lowest BCUT2D eigenvalue weighted by Gasteiger charge is -2.41. The van der Waals surface area contributed by atoms with E-state index in [2.05, 4.69) is 115 Å². The second-order valence-electron chi connectivity index (χ2n) is 16.3.